The standard InChI is InChI=1S/C27H26N4O2/c1-19-29-25(21-7-4-3-5-8-21)18-26(30-19)31-23-10-6-9-22(17-23)27(32)28-16-15-20-11-13-24(33-2)14-12-20/h3-14,17-18H,15-16H2,1-2H3,(H,28,32)(H,29,30,31). The Morgan fingerprint density at radius 1 is 0.909 bits per heavy atom. The number of aromatic nitrogens is 2. The van der Waals surface area contributed by atoms with Crippen LogP contribution in [0.4, 0.5) is 11.5 Å². The fourth-order valence-electron chi connectivity index (χ4n) is 3.49. The highest BCUT2D eigenvalue weighted by Crippen LogP contribution is 2.22. The fourth-order valence-corrected chi connectivity index (χ4v) is 3.49. The molecule has 0 saturated heterocycles. The van der Waals surface area contributed by atoms with Crippen LogP contribution in [0, 0.1) is 6.92 Å². The topological polar surface area (TPSA) is 76.1 Å². The molecule has 4 rings (SSSR count). The SMILES string of the molecule is COc1ccc(CCNC(=O)c2cccc(Nc3cc(-c4ccccc4)nc(C)n3)c2)cc1. The van der Waals surface area contributed by atoms with Gasteiger partial charge in [-0.05, 0) is 49.2 Å². The summed E-state index contributed by atoms with van der Waals surface area (Å²) in [4.78, 5) is 21.7. The largest absolute Gasteiger partial charge is 0.497 e. The maximum absolute atomic E-state index is 12.6. The van der Waals surface area contributed by atoms with Crippen molar-refractivity contribution in [2.75, 3.05) is 19.0 Å². The molecule has 4 aromatic rings. The van der Waals surface area contributed by atoms with E-state index in [1.807, 2.05) is 85.8 Å². The monoisotopic (exact) mass is 438 g/mol. The van der Waals surface area contributed by atoms with E-state index < -0.39 is 0 Å². The Hall–Kier alpha value is -4.19. The van der Waals surface area contributed by atoms with Crippen molar-refractivity contribution >= 4 is 17.4 Å². The smallest absolute Gasteiger partial charge is 0.251 e. The van der Waals surface area contributed by atoms with Gasteiger partial charge >= 0.3 is 0 Å². The highest BCUT2D eigenvalue weighted by atomic mass is 16.5. The van der Waals surface area contributed by atoms with Gasteiger partial charge in [0, 0.05) is 29.4 Å². The molecule has 1 aromatic heterocycles. The van der Waals surface area contributed by atoms with Gasteiger partial charge in [0.1, 0.15) is 17.4 Å². The van der Waals surface area contributed by atoms with Gasteiger partial charge in [-0.25, -0.2) is 9.97 Å². The van der Waals surface area contributed by atoms with E-state index in [2.05, 4.69) is 20.6 Å². The van der Waals surface area contributed by atoms with Crippen molar-refractivity contribution in [1.82, 2.24) is 15.3 Å². The first-order valence-corrected chi connectivity index (χ1v) is 10.8. The number of ether oxygens (including phenoxy) is 1. The number of benzene rings is 3. The van der Waals surface area contributed by atoms with E-state index in [0.29, 0.717) is 23.8 Å². The zero-order valence-electron chi connectivity index (χ0n) is 18.7. The number of hydrogen-bond donors (Lipinski definition) is 2. The Bertz CT molecular complexity index is 1220. The minimum atomic E-state index is -0.115. The van der Waals surface area contributed by atoms with Crippen LogP contribution in [0.25, 0.3) is 11.3 Å². The lowest BCUT2D eigenvalue weighted by Gasteiger charge is -2.11. The summed E-state index contributed by atoms with van der Waals surface area (Å²) < 4.78 is 5.18. The minimum absolute atomic E-state index is 0.115. The normalized spacial score (nSPS) is 10.5. The number of amides is 1. The van der Waals surface area contributed by atoms with Gasteiger partial charge in [-0.2, -0.15) is 0 Å². The molecule has 0 atom stereocenters. The highest BCUT2D eigenvalue weighted by molar-refractivity contribution is 5.95. The number of nitrogens with one attached hydrogen (secondary N) is 2. The van der Waals surface area contributed by atoms with Gasteiger partial charge in [-0.15, -0.1) is 0 Å². The lowest BCUT2D eigenvalue weighted by Crippen LogP contribution is -2.25. The third-order valence-electron chi connectivity index (χ3n) is 5.16. The van der Waals surface area contributed by atoms with Gasteiger partial charge in [0.25, 0.3) is 5.91 Å². The molecule has 0 aliphatic heterocycles. The van der Waals surface area contributed by atoms with Gasteiger partial charge in [0.05, 0.1) is 12.8 Å². The molecule has 0 unspecified atom stereocenters. The zero-order chi connectivity index (χ0) is 23.0. The zero-order valence-corrected chi connectivity index (χ0v) is 18.7. The molecule has 0 radical (unpaired) electrons. The molecule has 0 saturated carbocycles. The van der Waals surface area contributed by atoms with Crippen LogP contribution in [0.5, 0.6) is 5.75 Å². The van der Waals surface area contributed by atoms with Crippen molar-refractivity contribution in [3.63, 3.8) is 0 Å². The number of nitrogens with zero attached hydrogens (tertiary/aromatic N) is 2. The molecule has 0 fully saturated rings. The first kappa shape index (κ1) is 22.0. The molecule has 0 bridgehead atoms. The maximum Gasteiger partial charge on any atom is 0.251 e. The molecule has 0 aliphatic carbocycles. The Labute approximate surface area is 193 Å². The molecule has 3 aromatic carbocycles. The highest BCUT2D eigenvalue weighted by Gasteiger charge is 2.08. The van der Waals surface area contributed by atoms with E-state index in [1.54, 1.807) is 13.2 Å². The molecule has 33 heavy (non-hydrogen) atoms. The van der Waals surface area contributed by atoms with Crippen LogP contribution in [0.2, 0.25) is 0 Å². The lowest BCUT2D eigenvalue weighted by atomic mass is 10.1. The van der Waals surface area contributed by atoms with Crippen LogP contribution in [-0.4, -0.2) is 29.5 Å². The summed E-state index contributed by atoms with van der Waals surface area (Å²) in [5.74, 6) is 2.06. The van der Waals surface area contributed by atoms with Crippen LogP contribution in [0.15, 0.2) is 84.9 Å². The third kappa shape index (κ3) is 5.95. The van der Waals surface area contributed by atoms with Crippen molar-refractivity contribution in [3.8, 4) is 17.0 Å². The van der Waals surface area contributed by atoms with Gasteiger partial charge in [0.2, 0.25) is 0 Å². The number of rotatable bonds is 8. The van der Waals surface area contributed by atoms with Crippen molar-refractivity contribution in [2.45, 2.75) is 13.3 Å². The van der Waals surface area contributed by atoms with Crippen molar-refractivity contribution < 1.29 is 9.53 Å². The van der Waals surface area contributed by atoms with Gasteiger partial charge in [0.15, 0.2) is 0 Å². The van der Waals surface area contributed by atoms with Gasteiger partial charge in [-0.3, -0.25) is 4.79 Å². The van der Waals surface area contributed by atoms with Crippen molar-refractivity contribution in [1.29, 1.82) is 0 Å². The molecule has 6 heteroatoms. The summed E-state index contributed by atoms with van der Waals surface area (Å²) in [6.07, 6.45) is 0.746. The molecule has 166 valence electrons. The average Bonchev–Trinajstić information content (AvgIpc) is 2.85. The molecule has 6 nitrogen and oxygen atoms in total. The minimum Gasteiger partial charge on any atom is -0.497 e. The molecule has 2 N–H and O–H groups in total. The molecular weight excluding hydrogens is 412 g/mol. The number of carbonyl (C=O) groups is 1. The third-order valence-corrected chi connectivity index (χ3v) is 5.16. The maximum atomic E-state index is 12.6. The van der Waals surface area contributed by atoms with E-state index >= 15 is 0 Å². The van der Waals surface area contributed by atoms with E-state index in [9.17, 15) is 4.79 Å². The second kappa shape index (κ2) is 10.4. The first-order valence-electron chi connectivity index (χ1n) is 10.8. The molecule has 1 heterocycles. The number of anilines is 2. The van der Waals surface area contributed by atoms with E-state index in [-0.39, 0.29) is 5.91 Å². The predicted octanol–water partition coefficient (Wildman–Crippen LogP) is 5.18. The first-order chi connectivity index (χ1) is 16.1. The van der Waals surface area contributed by atoms with Crippen molar-refractivity contribution in [2.24, 2.45) is 0 Å². The predicted molar refractivity (Wildman–Crippen MR) is 131 cm³/mol. The number of methoxy groups -OCH3 is 1. The number of hydrogen-bond acceptors (Lipinski definition) is 5. The number of aryl methyl sites for hydroxylation is 1. The van der Waals surface area contributed by atoms with Crippen LogP contribution in [0.1, 0.15) is 21.7 Å². The Morgan fingerprint density at radius 3 is 2.45 bits per heavy atom. The average molecular weight is 439 g/mol. The molecule has 0 spiro atoms. The van der Waals surface area contributed by atoms with Crippen LogP contribution in [0.3, 0.4) is 0 Å². The Balaban J connectivity index is 1.40. The van der Waals surface area contributed by atoms with Gasteiger partial charge < -0.3 is 15.4 Å². The summed E-state index contributed by atoms with van der Waals surface area (Å²) in [6.45, 7) is 2.42. The fraction of sp³-hybridized carbons (Fsp3) is 0.148. The second-order valence-corrected chi connectivity index (χ2v) is 7.61. The van der Waals surface area contributed by atoms with Crippen LogP contribution < -0.4 is 15.4 Å². The molecule has 1 amide bonds. The Morgan fingerprint density at radius 2 is 1.70 bits per heavy atom. The molecular formula is C27H26N4O2. The van der Waals surface area contributed by atoms with Gasteiger partial charge in [-0.1, -0.05) is 48.5 Å². The van der Waals surface area contributed by atoms with E-state index in [4.69, 9.17) is 4.74 Å². The number of carbonyl (C=O) groups excluding carboxylic acids is 1. The van der Waals surface area contributed by atoms with Crippen LogP contribution >= 0.6 is 0 Å². The second-order valence-electron chi connectivity index (χ2n) is 7.61. The molecule has 0 aliphatic rings. The Kier molecular flexibility index (Phi) is 6.95. The summed E-state index contributed by atoms with van der Waals surface area (Å²) in [7, 11) is 1.65. The lowest BCUT2D eigenvalue weighted by molar-refractivity contribution is 0.0954. The summed E-state index contributed by atoms with van der Waals surface area (Å²) in [5.41, 5.74) is 4.38. The van der Waals surface area contributed by atoms with Crippen LogP contribution in [-0.2, 0) is 6.42 Å². The summed E-state index contributed by atoms with van der Waals surface area (Å²) in [6, 6.07) is 27.1. The van der Waals surface area contributed by atoms with E-state index in [0.717, 1.165) is 34.7 Å². The van der Waals surface area contributed by atoms with E-state index in [1.165, 1.54) is 0 Å². The van der Waals surface area contributed by atoms with Crippen molar-refractivity contribution in [3.05, 3.63) is 102 Å². The summed E-state index contributed by atoms with van der Waals surface area (Å²) in [5, 5.41) is 6.28. The summed E-state index contributed by atoms with van der Waals surface area (Å²) >= 11 is 0. The quantitative estimate of drug-likeness (QED) is 0.397.